The second kappa shape index (κ2) is 10.3. The first-order valence-corrected chi connectivity index (χ1v) is 9.70. The van der Waals surface area contributed by atoms with Crippen LogP contribution >= 0.6 is 23.2 Å². The molecule has 27 heavy (non-hydrogen) atoms. The van der Waals surface area contributed by atoms with E-state index in [0.29, 0.717) is 35.9 Å². The van der Waals surface area contributed by atoms with Gasteiger partial charge in [0.15, 0.2) is 0 Å². The maximum absolute atomic E-state index is 12.8. The van der Waals surface area contributed by atoms with E-state index in [1.807, 2.05) is 43.3 Å². The summed E-state index contributed by atoms with van der Waals surface area (Å²) in [6.45, 7) is 2.24. The number of carbonyl (C=O) groups is 2. The molecule has 1 N–H and O–H groups in total. The maximum atomic E-state index is 12.8. The van der Waals surface area contributed by atoms with Crippen LogP contribution in [0.4, 0.5) is 0 Å². The van der Waals surface area contributed by atoms with Crippen LogP contribution in [0.5, 0.6) is 0 Å². The summed E-state index contributed by atoms with van der Waals surface area (Å²) in [6.07, 6.45) is 1.53. The fourth-order valence-corrected chi connectivity index (χ4v) is 3.23. The molecule has 0 saturated carbocycles. The van der Waals surface area contributed by atoms with Crippen LogP contribution < -0.4 is 5.32 Å². The molecule has 0 fully saturated rings. The molecular formula is C21H24Cl2N2O2. The predicted octanol–water partition coefficient (Wildman–Crippen LogP) is 4.48. The van der Waals surface area contributed by atoms with Gasteiger partial charge >= 0.3 is 0 Å². The summed E-state index contributed by atoms with van der Waals surface area (Å²) in [5.74, 6) is -0.253. The Balaban J connectivity index is 2.35. The van der Waals surface area contributed by atoms with Crippen molar-refractivity contribution in [3.05, 3.63) is 69.7 Å². The van der Waals surface area contributed by atoms with Gasteiger partial charge in [0.2, 0.25) is 11.8 Å². The Bertz CT molecular complexity index is 781. The minimum Gasteiger partial charge on any atom is -0.357 e. The molecular weight excluding hydrogens is 383 g/mol. The molecule has 0 aliphatic carbocycles. The first-order valence-electron chi connectivity index (χ1n) is 8.95. The molecule has 1 atom stereocenters. The Morgan fingerprint density at radius 1 is 1.04 bits per heavy atom. The third kappa shape index (κ3) is 5.98. The number of hydrogen-bond acceptors (Lipinski definition) is 2. The predicted molar refractivity (Wildman–Crippen MR) is 110 cm³/mol. The largest absolute Gasteiger partial charge is 0.357 e. The van der Waals surface area contributed by atoms with E-state index in [1.165, 1.54) is 0 Å². The number of amides is 2. The van der Waals surface area contributed by atoms with Crippen molar-refractivity contribution < 1.29 is 9.59 Å². The fraction of sp³-hybridized carbons (Fsp3) is 0.333. The minimum atomic E-state index is -0.606. The summed E-state index contributed by atoms with van der Waals surface area (Å²) >= 11 is 12.1. The SMILES string of the molecule is CCCC(=O)N(Cc1ccc(Cl)c(Cl)c1)[C@@H](Cc1ccccc1)C(=O)NC. The van der Waals surface area contributed by atoms with Gasteiger partial charge in [0.05, 0.1) is 10.0 Å². The number of nitrogens with zero attached hydrogens (tertiary/aromatic N) is 1. The Labute approximate surface area is 170 Å². The summed E-state index contributed by atoms with van der Waals surface area (Å²) in [6, 6.07) is 14.3. The second-order valence-corrected chi connectivity index (χ2v) is 7.15. The number of nitrogens with one attached hydrogen (secondary N) is 1. The number of likely N-dealkylation sites (N-methyl/N-ethyl adjacent to an activating group) is 1. The molecule has 2 aromatic carbocycles. The lowest BCUT2D eigenvalue weighted by molar-refractivity contribution is -0.141. The second-order valence-electron chi connectivity index (χ2n) is 6.34. The molecule has 4 nitrogen and oxygen atoms in total. The number of rotatable bonds is 8. The lowest BCUT2D eigenvalue weighted by Crippen LogP contribution is -2.49. The first kappa shape index (κ1) is 21.3. The molecule has 0 aromatic heterocycles. The van der Waals surface area contributed by atoms with Gasteiger partial charge in [-0.05, 0) is 29.7 Å². The van der Waals surface area contributed by atoms with Gasteiger partial charge in [0, 0.05) is 26.4 Å². The first-order chi connectivity index (χ1) is 13.0. The minimum absolute atomic E-state index is 0.0619. The van der Waals surface area contributed by atoms with Crippen molar-refractivity contribution in [2.45, 2.75) is 38.8 Å². The van der Waals surface area contributed by atoms with Crippen LogP contribution in [0, 0.1) is 0 Å². The topological polar surface area (TPSA) is 49.4 Å². The van der Waals surface area contributed by atoms with Crippen molar-refractivity contribution in [2.24, 2.45) is 0 Å². The summed E-state index contributed by atoms with van der Waals surface area (Å²) in [5, 5.41) is 3.57. The highest BCUT2D eigenvalue weighted by molar-refractivity contribution is 6.42. The highest BCUT2D eigenvalue weighted by Gasteiger charge is 2.29. The van der Waals surface area contributed by atoms with E-state index in [4.69, 9.17) is 23.2 Å². The lowest BCUT2D eigenvalue weighted by Gasteiger charge is -2.31. The average molecular weight is 407 g/mol. The number of halogens is 2. The van der Waals surface area contributed by atoms with Crippen molar-refractivity contribution in [3.63, 3.8) is 0 Å². The van der Waals surface area contributed by atoms with E-state index in [-0.39, 0.29) is 11.8 Å². The molecule has 144 valence electrons. The quantitative estimate of drug-likeness (QED) is 0.702. The Kier molecular flexibility index (Phi) is 8.14. The third-order valence-corrected chi connectivity index (χ3v) is 5.06. The van der Waals surface area contributed by atoms with Crippen molar-refractivity contribution in [2.75, 3.05) is 7.05 Å². The highest BCUT2D eigenvalue weighted by atomic mass is 35.5. The molecule has 2 amide bonds. The molecule has 0 spiro atoms. The van der Waals surface area contributed by atoms with Gasteiger partial charge in [-0.2, -0.15) is 0 Å². The smallest absolute Gasteiger partial charge is 0.242 e. The van der Waals surface area contributed by atoms with Crippen molar-refractivity contribution in [1.82, 2.24) is 10.2 Å². The van der Waals surface area contributed by atoms with Crippen LogP contribution in [0.2, 0.25) is 10.0 Å². The summed E-state index contributed by atoms with van der Waals surface area (Å²) in [7, 11) is 1.59. The highest BCUT2D eigenvalue weighted by Crippen LogP contribution is 2.24. The van der Waals surface area contributed by atoms with Crippen molar-refractivity contribution >= 4 is 35.0 Å². The summed E-state index contributed by atoms with van der Waals surface area (Å²) in [5.41, 5.74) is 1.82. The Morgan fingerprint density at radius 2 is 1.74 bits per heavy atom. The molecule has 6 heteroatoms. The standard InChI is InChI=1S/C21H24Cl2N2O2/c1-3-7-20(26)25(14-16-10-11-17(22)18(23)12-16)19(21(27)24-2)13-15-8-5-4-6-9-15/h4-6,8-12,19H,3,7,13-14H2,1-2H3,(H,24,27)/t19-/m0/s1. The van der Waals surface area contributed by atoms with Gasteiger partial charge in [-0.15, -0.1) is 0 Å². The van der Waals surface area contributed by atoms with Gasteiger partial charge in [-0.1, -0.05) is 66.5 Å². The normalized spacial score (nSPS) is 11.7. The molecule has 2 aromatic rings. The van der Waals surface area contributed by atoms with Crippen LogP contribution in [0.25, 0.3) is 0 Å². The van der Waals surface area contributed by atoms with Crippen LogP contribution in [0.3, 0.4) is 0 Å². The van der Waals surface area contributed by atoms with E-state index < -0.39 is 6.04 Å². The van der Waals surface area contributed by atoms with Crippen LogP contribution in [-0.2, 0) is 22.6 Å². The zero-order valence-corrected chi connectivity index (χ0v) is 17.1. The third-order valence-electron chi connectivity index (χ3n) is 4.32. The van der Waals surface area contributed by atoms with Gasteiger partial charge < -0.3 is 10.2 Å². The molecule has 0 aliphatic heterocycles. The zero-order valence-electron chi connectivity index (χ0n) is 15.5. The van der Waals surface area contributed by atoms with Gasteiger partial charge in [0.1, 0.15) is 6.04 Å². The zero-order chi connectivity index (χ0) is 19.8. The van der Waals surface area contributed by atoms with Crippen molar-refractivity contribution in [1.29, 1.82) is 0 Å². The molecule has 0 radical (unpaired) electrons. The number of hydrogen-bond donors (Lipinski definition) is 1. The van der Waals surface area contributed by atoms with E-state index in [9.17, 15) is 9.59 Å². The maximum Gasteiger partial charge on any atom is 0.242 e. The van der Waals surface area contributed by atoms with Gasteiger partial charge in [0.25, 0.3) is 0 Å². The van der Waals surface area contributed by atoms with Gasteiger partial charge in [-0.3, -0.25) is 9.59 Å². The molecule has 0 aliphatic rings. The fourth-order valence-electron chi connectivity index (χ4n) is 2.91. The van der Waals surface area contributed by atoms with E-state index in [1.54, 1.807) is 24.1 Å². The van der Waals surface area contributed by atoms with Crippen LogP contribution in [0.15, 0.2) is 48.5 Å². The van der Waals surface area contributed by atoms with E-state index in [0.717, 1.165) is 11.1 Å². The monoisotopic (exact) mass is 406 g/mol. The Hall–Kier alpha value is -2.04. The van der Waals surface area contributed by atoms with Crippen molar-refractivity contribution in [3.8, 4) is 0 Å². The average Bonchev–Trinajstić information content (AvgIpc) is 2.67. The summed E-state index contributed by atoms with van der Waals surface area (Å²) in [4.78, 5) is 27.1. The Morgan fingerprint density at radius 3 is 2.33 bits per heavy atom. The van der Waals surface area contributed by atoms with Gasteiger partial charge in [-0.25, -0.2) is 0 Å². The molecule has 0 heterocycles. The van der Waals surface area contributed by atoms with Crippen LogP contribution in [-0.4, -0.2) is 29.8 Å². The number of benzene rings is 2. The van der Waals surface area contributed by atoms with Crippen LogP contribution in [0.1, 0.15) is 30.9 Å². The van der Waals surface area contributed by atoms with E-state index >= 15 is 0 Å². The summed E-state index contributed by atoms with van der Waals surface area (Å²) < 4.78 is 0. The molecule has 0 unspecified atom stereocenters. The molecule has 0 saturated heterocycles. The number of carbonyl (C=O) groups excluding carboxylic acids is 2. The molecule has 2 rings (SSSR count). The van der Waals surface area contributed by atoms with E-state index in [2.05, 4.69) is 5.32 Å². The molecule has 0 bridgehead atoms. The lowest BCUT2D eigenvalue weighted by atomic mass is 10.0.